The number of hydrogen-bond donors (Lipinski definition) is 2. The molecule has 0 radical (unpaired) electrons. The molecule has 2 aliphatic rings. The van der Waals surface area contributed by atoms with Gasteiger partial charge in [0.15, 0.2) is 9.84 Å². The lowest BCUT2D eigenvalue weighted by atomic mass is 10.2. The van der Waals surface area contributed by atoms with Gasteiger partial charge in [-0.15, -0.1) is 0 Å². The van der Waals surface area contributed by atoms with E-state index < -0.39 is 9.84 Å². The third-order valence-corrected chi connectivity index (χ3v) is 5.29. The first-order valence-corrected chi connectivity index (χ1v) is 7.74. The molecule has 5 nitrogen and oxygen atoms in total. The smallest absolute Gasteiger partial charge is 0.151 e. The van der Waals surface area contributed by atoms with Crippen molar-refractivity contribution in [1.29, 1.82) is 0 Å². The standard InChI is InChI=1S/C10H21N3O2S/c1-13-4-3-11-6-10(13)7-12-9-2-5-16(14,15)8-9/h9-12H,2-8H2,1H3. The summed E-state index contributed by atoms with van der Waals surface area (Å²) in [4.78, 5) is 2.33. The summed E-state index contributed by atoms with van der Waals surface area (Å²) in [6.45, 7) is 3.98. The fourth-order valence-electron chi connectivity index (χ4n) is 2.35. The third-order valence-electron chi connectivity index (χ3n) is 3.52. The second kappa shape index (κ2) is 5.00. The Morgan fingerprint density at radius 1 is 1.50 bits per heavy atom. The Hall–Kier alpha value is -0.170. The molecule has 0 amide bonds. The number of rotatable bonds is 3. The predicted octanol–water partition coefficient (Wildman–Crippen LogP) is -1.33. The summed E-state index contributed by atoms with van der Waals surface area (Å²) in [5, 5.41) is 6.73. The Bertz CT molecular complexity index is 331. The summed E-state index contributed by atoms with van der Waals surface area (Å²) in [5.41, 5.74) is 0. The van der Waals surface area contributed by atoms with Gasteiger partial charge in [0.25, 0.3) is 0 Å². The van der Waals surface area contributed by atoms with E-state index in [2.05, 4.69) is 22.6 Å². The third kappa shape index (κ3) is 3.16. The quantitative estimate of drug-likeness (QED) is 0.647. The van der Waals surface area contributed by atoms with Gasteiger partial charge < -0.3 is 10.6 Å². The number of nitrogens with one attached hydrogen (secondary N) is 2. The highest BCUT2D eigenvalue weighted by molar-refractivity contribution is 7.91. The number of sulfone groups is 1. The Balaban J connectivity index is 1.75. The van der Waals surface area contributed by atoms with Crippen LogP contribution in [0.5, 0.6) is 0 Å². The SMILES string of the molecule is CN1CCNCC1CNC1CCS(=O)(=O)C1. The van der Waals surface area contributed by atoms with Crippen molar-refractivity contribution in [1.82, 2.24) is 15.5 Å². The molecule has 2 rings (SSSR count). The Labute approximate surface area is 97.5 Å². The maximum absolute atomic E-state index is 11.3. The minimum Gasteiger partial charge on any atom is -0.314 e. The molecule has 0 bridgehead atoms. The Kier molecular flexibility index (Phi) is 3.84. The molecular formula is C10H21N3O2S. The first kappa shape index (κ1) is 12.3. The van der Waals surface area contributed by atoms with Gasteiger partial charge in [0, 0.05) is 38.3 Å². The van der Waals surface area contributed by atoms with Crippen LogP contribution < -0.4 is 10.6 Å². The molecule has 0 aromatic rings. The van der Waals surface area contributed by atoms with Crippen LogP contribution >= 0.6 is 0 Å². The van der Waals surface area contributed by atoms with Gasteiger partial charge in [-0.25, -0.2) is 8.42 Å². The average molecular weight is 247 g/mol. The van der Waals surface area contributed by atoms with Crippen LogP contribution in [0.15, 0.2) is 0 Å². The van der Waals surface area contributed by atoms with E-state index in [1.54, 1.807) is 0 Å². The summed E-state index contributed by atoms with van der Waals surface area (Å²) < 4.78 is 22.6. The first-order chi connectivity index (χ1) is 7.57. The largest absolute Gasteiger partial charge is 0.314 e. The lowest BCUT2D eigenvalue weighted by Crippen LogP contribution is -2.54. The molecule has 2 atom stereocenters. The normalized spacial score (nSPS) is 35.3. The predicted molar refractivity (Wildman–Crippen MR) is 64.3 cm³/mol. The lowest BCUT2D eigenvalue weighted by Gasteiger charge is -2.33. The van der Waals surface area contributed by atoms with Crippen molar-refractivity contribution >= 4 is 9.84 Å². The van der Waals surface area contributed by atoms with Crippen LogP contribution in [0.3, 0.4) is 0 Å². The minimum atomic E-state index is -2.75. The molecule has 2 heterocycles. The van der Waals surface area contributed by atoms with E-state index in [-0.39, 0.29) is 6.04 Å². The van der Waals surface area contributed by atoms with Crippen LogP contribution in [0, 0.1) is 0 Å². The summed E-state index contributed by atoms with van der Waals surface area (Å²) in [5.74, 6) is 0.667. The van der Waals surface area contributed by atoms with Crippen molar-refractivity contribution in [2.24, 2.45) is 0 Å². The summed E-state index contributed by atoms with van der Waals surface area (Å²) in [6.07, 6.45) is 0.770. The molecular weight excluding hydrogens is 226 g/mol. The van der Waals surface area contributed by atoms with Crippen LogP contribution in [0.1, 0.15) is 6.42 Å². The van der Waals surface area contributed by atoms with Crippen molar-refractivity contribution in [3.8, 4) is 0 Å². The van der Waals surface area contributed by atoms with Gasteiger partial charge in [0.2, 0.25) is 0 Å². The Morgan fingerprint density at radius 3 is 2.94 bits per heavy atom. The van der Waals surface area contributed by atoms with Gasteiger partial charge in [-0.05, 0) is 13.5 Å². The number of likely N-dealkylation sites (N-methyl/N-ethyl adjacent to an activating group) is 1. The highest BCUT2D eigenvalue weighted by Crippen LogP contribution is 2.11. The molecule has 2 N–H and O–H groups in total. The molecule has 16 heavy (non-hydrogen) atoms. The van der Waals surface area contributed by atoms with Crippen LogP contribution in [-0.4, -0.2) is 70.1 Å². The molecule has 2 saturated heterocycles. The zero-order valence-electron chi connectivity index (χ0n) is 9.78. The fraction of sp³-hybridized carbons (Fsp3) is 1.00. The van der Waals surface area contributed by atoms with E-state index in [1.807, 2.05) is 0 Å². The second-order valence-electron chi connectivity index (χ2n) is 4.85. The van der Waals surface area contributed by atoms with Gasteiger partial charge in [-0.3, -0.25) is 4.90 Å². The first-order valence-electron chi connectivity index (χ1n) is 5.91. The summed E-state index contributed by atoms with van der Waals surface area (Å²) in [6, 6.07) is 0.650. The number of nitrogens with zero attached hydrogens (tertiary/aromatic N) is 1. The van der Waals surface area contributed by atoms with Gasteiger partial charge in [-0.2, -0.15) is 0 Å². The van der Waals surface area contributed by atoms with Crippen molar-refractivity contribution in [2.45, 2.75) is 18.5 Å². The summed E-state index contributed by atoms with van der Waals surface area (Å²) >= 11 is 0. The fourth-order valence-corrected chi connectivity index (χ4v) is 4.06. The van der Waals surface area contributed by atoms with Crippen molar-refractivity contribution in [3.63, 3.8) is 0 Å². The van der Waals surface area contributed by atoms with Crippen molar-refractivity contribution in [3.05, 3.63) is 0 Å². The zero-order valence-corrected chi connectivity index (χ0v) is 10.6. The lowest BCUT2D eigenvalue weighted by molar-refractivity contribution is 0.192. The maximum atomic E-state index is 11.3. The topological polar surface area (TPSA) is 61.4 Å². The average Bonchev–Trinajstić information content (AvgIpc) is 2.57. The van der Waals surface area contributed by atoms with Crippen LogP contribution in [0.2, 0.25) is 0 Å². The van der Waals surface area contributed by atoms with Gasteiger partial charge in [-0.1, -0.05) is 0 Å². The molecule has 94 valence electrons. The molecule has 6 heteroatoms. The second-order valence-corrected chi connectivity index (χ2v) is 7.08. The summed E-state index contributed by atoms with van der Waals surface area (Å²) in [7, 11) is -0.630. The van der Waals surface area contributed by atoms with Crippen molar-refractivity contribution in [2.75, 3.05) is 44.7 Å². The van der Waals surface area contributed by atoms with E-state index in [9.17, 15) is 8.42 Å². The molecule has 0 spiro atoms. The molecule has 2 fully saturated rings. The van der Waals surface area contributed by atoms with Crippen LogP contribution in [0.4, 0.5) is 0 Å². The van der Waals surface area contributed by atoms with Gasteiger partial charge >= 0.3 is 0 Å². The minimum absolute atomic E-state index is 0.167. The number of piperazine rings is 1. The van der Waals surface area contributed by atoms with Gasteiger partial charge in [0.05, 0.1) is 11.5 Å². The molecule has 0 aromatic heterocycles. The number of hydrogen-bond acceptors (Lipinski definition) is 5. The highest BCUT2D eigenvalue weighted by Gasteiger charge is 2.28. The molecule has 2 unspecified atom stereocenters. The van der Waals surface area contributed by atoms with Gasteiger partial charge in [0.1, 0.15) is 0 Å². The molecule has 0 aromatic carbocycles. The maximum Gasteiger partial charge on any atom is 0.151 e. The van der Waals surface area contributed by atoms with Crippen LogP contribution in [-0.2, 0) is 9.84 Å². The molecule has 0 saturated carbocycles. The van der Waals surface area contributed by atoms with E-state index in [4.69, 9.17) is 0 Å². The van der Waals surface area contributed by atoms with E-state index in [1.165, 1.54) is 0 Å². The monoisotopic (exact) mass is 247 g/mol. The van der Waals surface area contributed by atoms with E-state index in [0.717, 1.165) is 32.6 Å². The van der Waals surface area contributed by atoms with Crippen molar-refractivity contribution < 1.29 is 8.42 Å². The van der Waals surface area contributed by atoms with E-state index in [0.29, 0.717) is 17.5 Å². The Morgan fingerprint density at radius 2 is 2.31 bits per heavy atom. The van der Waals surface area contributed by atoms with Crippen LogP contribution in [0.25, 0.3) is 0 Å². The zero-order chi connectivity index (χ0) is 11.6. The molecule has 0 aliphatic carbocycles. The highest BCUT2D eigenvalue weighted by atomic mass is 32.2. The van der Waals surface area contributed by atoms with E-state index >= 15 is 0 Å². The molecule has 2 aliphatic heterocycles.